The fraction of sp³-hybridized carbons (Fsp3) is 0.457. The minimum Gasteiger partial charge on any atom is -0.381 e. The monoisotopic (exact) mass is 697 g/mol. The number of hydrogen-bond donors (Lipinski definition) is 1. The van der Waals surface area contributed by atoms with Crippen LogP contribution in [0.4, 0.5) is 23.4 Å². The van der Waals surface area contributed by atoms with Gasteiger partial charge in [0.25, 0.3) is 17.7 Å². The Morgan fingerprint density at radius 1 is 1.12 bits per heavy atom. The number of benzene rings is 2. The molecule has 1 saturated heterocycles. The molecule has 0 saturated carbocycles. The Hall–Kier alpha value is -4.81. The number of fused-ring (bicyclic) bond motifs is 1. The third-order valence-electron chi connectivity index (χ3n) is 9.16. The second-order valence-electron chi connectivity index (χ2n) is 12.7. The van der Waals surface area contributed by atoms with E-state index in [2.05, 4.69) is 11.4 Å². The summed E-state index contributed by atoms with van der Waals surface area (Å²) < 4.78 is 62.1. The van der Waals surface area contributed by atoms with E-state index < -0.39 is 53.3 Å². The van der Waals surface area contributed by atoms with Crippen LogP contribution in [-0.4, -0.2) is 96.8 Å². The van der Waals surface area contributed by atoms with Crippen molar-refractivity contribution in [1.29, 1.82) is 5.26 Å². The number of carbonyl (C=O) groups is 3. The minimum absolute atomic E-state index is 0.0577. The lowest BCUT2D eigenvalue weighted by Crippen LogP contribution is -2.56. The van der Waals surface area contributed by atoms with E-state index in [0.717, 1.165) is 12.1 Å². The molecule has 15 heteroatoms. The van der Waals surface area contributed by atoms with Gasteiger partial charge in [0.15, 0.2) is 5.69 Å². The van der Waals surface area contributed by atoms with Gasteiger partial charge in [-0.25, -0.2) is 9.07 Å². The molecule has 3 amide bonds. The highest BCUT2D eigenvalue weighted by Crippen LogP contribution is 2.45. The molecular formula is C35H39F4N7O4. The number of nitrogens with one attached hydrogen (secondary N) is 1. The number of alkyl halides is 3. The lowest BCUT2D eigenvalue weighted by molar-refractivity contribution is -0.137. The molecule has 5 rings (SSSR count). The Morgan fingerprint density at radius 2 is 1.80 bits per heavy atom. The van der Waals surface area contributed by atoms with Crippen molar-refractivity contribution in [2.24, 2.45) is 0 Å². The van der Waals surface area contributed by atoms with Crippen LogP contribution in [0.1, 0.15) is 75.7 Å². The van der Waals surface area contributed by atoms with Gasteiger partial charge in [-0.15, -0.1) is 0 Å². The summed E-state index contributed by atoms with van der Waals surface area (Å²) in [6.45, 7) is 3.17. The highest BCUT2D eigenvalue weighted by molar-refractivity contribution is 6.07. The summed E-state index contributed by atoms with van der Waals surface area (Å²) in [5.74, 6) is -3.49. The van der Waals surface area contributed by atoms with Crippen LogP contribution in [-0.2, 0) is 15.7 Å². The van der Waals surface area contributed by atoms with E-state index in [0.29, 0.717) is 56.5 Å². The van der Waals surface area contributed by atoms with E-state index in [9.17, 15) is 37.2 Å². The van der Waals surface area contributed by atoms with Crippen LogP contribution < -0.4 is 10.2 Å². The molecule has 2 aliphatic rings. The van der Waals surface area contributed by atoms with Gasteiger partial charge in [-0.1, -0.05) is 18.2 Å². The molecule has 11 nitrogen and oxygen atoms in total. The summed E-state index contributed by atoms with van der Waals surface area (Å²) in [5, 5.41) is 17.5. The Kier molecular flexibility index (Phi) is 10.9. The first-order chi connectivity index (χ1) is 23.8. The molecular weight excluding hydrogens is 658 g/mol. The number of anilines is 1. The Bertz CT molecular complexity index is 1760. The minimum atomic E-state index is -4.71. The number of ether oxygens (including phenoxy) is 1. The molecule has 1 aromatic heterocycles. The molecule has 266 valence electrons. The Labute approximate surface area is 287 Å². The van der Waals surface area contributed by atoms with E-state index in [1.807, 2.05) is 19.0 Å². The average molecular weight is 698 g/mol. The average Bonchev–Trinajstić information content (AvgIpc) is 3.48. The number of halogens is 4. The molecule has 0 bridgehead atoms. The normalized spacial score (nSPS) is 18.8. The molecule has 3 atom stereocenters. The number of hydrogen-bond acceptors (Lipinski definition) is 7. The first-order valence-electron chi connectivity index (χ1n) is 16.3. The van der Waals surface area contributed by atoms with E-state index in [1.54, 1.807) is 11.6 Å². The molecule has 3 aromatic rings. The van der Waals surface area contributed by atoms with Crippen LogP contribution >= 0.6 is 0 Å². The highest BCUT2D eigenvalue weighted by Gasteiger charge is 2.48. The highest BCUT2D eigenvalue weighted by atomic mass is 19.4. The van der Waals surface area contributed by atoms with Crippen LogP contribution in [0.3, 0.4) is 0 Å². The van der Waals surface area contributed by atoms with Crippen LogP contribution in [0, 0.1) is 17.1 Å². The third kappa shape index (κ3) is 7.36. The Morgan fingerprint density at radius 3 is 2.40 bits per heavy atom. The number of nitrogens with zero attached hydrogens (tertiary/aromatic N) is 6. The summed E-state index contributed by atoms with van der Waals surface area (Å²) in [6.07, 6.45) is -3.31. The van der Waals surface area contributed by atoms with Gasteiger partial charge in [-0.3, -0.25) is 19.3 Å². The van der Waals surface area contributed by atoms with Crippen molar-refractivity contribution in [3.63, 3.8) is 0 Å². The maximum absolute atomic E-state index is 14.5. The number of amides is 3. The summed E-state index contributed by atoms with van der Waals surface area (Å²) in [6, 6.07) is 8.72. The van der Waals surface area contributed by atoms with Crippen LogP contribution in [0.25, 0.3) is 0 Å². The maximum atomic E-state index is 14.5. The lowest BCUT2D eigenvalue weighted by Gasteiger charge is -2.39. The number of rotatable bonds is 10. The molecule has 1 fully saturated rings. The molecule has 0 unspecified atom stereocenters. The molecule has 0 aliphatic carbocycles. The number of carbonyl (C=O) groups excluding carboxylic acids is 3. The number of likely N-dealkylation sites (N-methyl/N-ethyl adjacent to an activating group) is 1. The van der Waals surface area contributed by atoms with Crippen LogP contribution in [0.5, 0.6) is 0 Å². The van der Waals surface area contributed by atoms with Gasteiger partial charge in [-0.2, -0.15) is 23.5 Å². The predicted molar refractivity (Wildman–Crippen MR) is 175 cm³/mol. The second-order valence-corrected chi connectivity index (χ2v) is 12.7. The zero-order chi connectivity index (χ0) is 36.3. The molecule has 50 heavy (non-hydrogen) atoms. The molecule has 0 spiro atoms. The molecule has 2 aliphatic heterocycles. The molecule has 2 aromatic carbocycles. The van der Waals surface area contributed by atoms with Crippen molar-refractivity contribution >= 4 is 23.5 Å². The summed E-state index contributed by atoms with van der Waals surface area (Å²) in [7, 11) is 5.19. The van der Waals surface area contributed by atoms with Gasteiger partial charge in [0.1, 0.15) is 23.7 Å². The third-order valence-corrected chi connectivity index (χ3v) is 9.16. The zero-order valence-electron chi connectivity index (χ0n) is 28.2. The van der Waals surface area contributed by atoms with Gasteiger partial charge in [-0.05, 0) is 76.2 Å². The van der Waals surface area contributed by atoms with E-state index in [1.165, 1.54) is 47.2 Å². The first kappa shape index (κ1) is 36.5. The zero-order valence-corrected chi connectivity index (χ0v) is 28.2. The van der Waals surface area contributed by atoms with Crippen molar-refractivity contribution in [2.75, 3.05) is 52.3 Å². The largest absolute Gasteiger partial charge is 0.416 e. The van der Waals surface area contributed by atoms with Crippen molar-refractivity contribution in [1.82, 2.24) is 24.9 Å². The summed E-state index contributed by atoms with van der Waals surface area (Å²) in [5.41, 5.74) is -0.787. The SMILES string of the molecule is CCN1C(=O)[C@@H](NC(=O)c2cccc(C(F)(F)F)c2)[C@@H](c2ccc(F)cc2)c2c(C(=O)N(C)[C@@H](C#N)CCN(C)C)nn(C3CCOCC3)c21. The van der Waals surface area contributed by atoms with Crippen molar-refractivity contribution in [3.05, 3.63) is 82.3 Å². The molecule has 0 radical (unpaired) electrons. The van der Waals surface area contributed by atoms with Crippen LogP contribution in [0.15, 0.2) is 48.5 Å². The van der Waals surface area contributed by atoms with E-state index in [-0.39, 0.29) is 29.4 Å². The topological polar surface area (TPSA) is 124 Å². The fourth-order valence-corrected chi connectivity index (χ4v) is 6.49. The summed E-state index contributed by atoms with van der Waals surface area (Å²) >= 11 is 0. The van der Waals surface area contributed by atoms with Crippen molar-refractivity contribution in [3.8, 4) is 6.07 Å². The number of nitriles is 1. The Balaban J connectivity index is 1.70. The molecule has 3 heterocycles. The van der Waals surface area contributed by atoms with Gasteiger partial charge < -0.3 is 19.9 Å². The van der Waals surface area contributed by atoms with Gasteiger partial charge >= 0.3 is 6.18 Å². The standard InChI is InChI=1S/C35H39F4N7O4/c1-5-45-32-28(30(42-46(32)25-14-17-50-18-15-25)33(48)44(4)26(20-40)13-16-43(2)3)27(21-9-11-24(36)12-10-21)29(34(45)49)41-31(47)22-7-6-8-23(19-22)35(37,38)39/h6-12,19,25-27,29H,5,13-18H2,1-4H3,(H,41,47)/t26-,27+,29+/m1/s1. The lowest BCUT2D eigenvalue weighted by atomic mass is 9.80. The van der Waals surface area contributed by atoms with E-state index >= 15 is 0 Å². The van der Waals surface area contributed by atoms with Gasteiger partial charge in [0, 0.05) is 50.4 Å². The van der Waals surface area contributed by atoms with Crippen molar-refractivity contribution < 1.29 is 36.7 Å². The first-order valence-corrected chi connectivity index (χ1v) is 16.3. The maximum Gasteiger partial charge on any atom is 0.416 e. The van der Waals surface area contributed by atoms with Crippen LogP contribution in [0.2, 0.25) is 0 Å². The van der Waals surface area contributed by atoms with Gasteiger partial charge in [0.05, 0.1) is 17.7 Å². The van der Waals surface area contributed by atoms with E-state index in [4.69, 9.17) is 9.84 Å². The predicted octanol–water partition coefficient (Wildman–Crippen LogP) is 4.61. The number of aromatic nitrogens is 2. The quantitative estimate of drug-likeness (QED) is 0.307. The van der Waals surface area contributed by atoms with Gasteiger partial charge in [0.2, 0.25) is 0 Å². The summed E-state index contributed by atoms with van der Waals surface area (Å²) in [4.78, 5) is 47.1. The molecule has 1 N–H and O–H groups in total. The van der Waals surface area contributed by atoms with Crippen molar-refractivity contribution in [2.45, 2.75) is 56.4 Å². The fourth-order valence-electron chi connectivity index (χ4n) is 6.49. The second kappa shape index (κ2) is 15.0. The smallest absolute Gasteiger partial charge is 0.381 e.